The number of carbonyl (C=O) groups is 2. The van der Waals surface area contributed by atoms with Gasteiger partial charge in [0.05, 0.1) is 21.9 Å². The first kappa shape index (κ1) is 36.1. The largest absolute Gasteiger partial charge is 0.488 e. The van der Waals surface area contributed by atoms with Crippen LogP contribution < -0.4 is 14.8 Å². The van der Waals surface area contributed by atoms with E-state index in [1.165, 1.54) is 12.3 Å². The van der Waals surface area contributed by atoms with Crippen molar-refractivity contribution < 1.29 is 27.8 Å². The van der Waals surface area contributed by atoms with Crippen molar-refractivity contribution in [2.24, 2.45) is 7.05 Å². The van der Waals surface area contributed by atoms with Crippen molar-refractivity contribution in [2.45, 2.75) is 13.0 Å². The smallest absolute Gasteiger partial charge is 0.272 e. The van der Waals surface area contributed by atoms with E-state index in [0.717, 1.165) is 16.5 Å². The molecule has 2 aromatic heterocycles. The van der Waals surface area contributed by atoms with E-state index < -0.39 is 13.0 Å². The van der Waals surface area contributed by atoms with Crippen LogP contribution in [0.25, 0.3) is 10.9 Å². The Bertz CT molecular complexity index is 1940. The standard InChI is InChI=1S/C35H31Cl2F2N5O4.BrH/c1-42-30-10-8-27(48-33-11-5-25(19-40-33)41-34(45)23-4-9-28(36)29(37)17-23)16-24(30)18-31(42)35(46)44-14-12-43(13-15-44)20-22-2-6-26(7-3-22)47-21-32(38)39;/h2-11,16-19,32H,12-15,20-21H2,1H3,(H,41,45);1H. The quantitative estimate of drug-likeness (QED) is 0.154. The van der Waals surface area contributed by atoms with Gasteiger partial charge in [0.2, 0.25) is 5.88 Å². The van der Waals surface area contributed by atoms with Crippen molar-refractivity contribution >= 4 is 68.6 Å². The summed E-state index contributed by atoms with van der Waals surface area (Å²) in [5.41, 5.74) is 3.36. The van der Waals surface area contributed by atoms with Gasteiger partial charge in [-0.25, -0.2) is 13.8 Å². The lowest BCUT2D eigenvalue weighted by Gasteiger charge is -2.34. The summed E-state index contributed by atoms with van der Waals surface area (Å²) < 4.78 is 37.7. The lowest BCUT2D eigenvalue weighted by Crippen LogP contribution is -2.48. The van der Waals surface area contributed by atoms with Crippen LogP contribution in [0.15, 0.2) is 85.1 Å². The number of aromatic nitrogens is 2. The van der Waals surface area contributed by atoms with Crippen molar-refractivity contribution in [1.29, 1.82) is 0 Å². The van der Waals surface area contributed by atoms with Gasteiger partial charge in [-0.05, 0) is 66.2 Å². The first-order valence-corrected chi connectivity index (χ1v) is 15.9. The highest BCUT2D eigenvalue weighted by Gasteiger charge is 2.25. The summed E-state index contributed by atoms with van der Waals surface area (Å²) in [6, 6.07) is 22.5. The number of nitrogens with one attached hydrogen (secondary N) is 1. The van der Waals surface area contributed by atoms with Crippen LogP contribution in [0, 0.1) is 0 Å². The van der Waals surface area contributed by atoms with Crippen LogP contribution in [-0.4, -0.2) is 70.4 Å². The Labute approximate surface area is 302 Å². The maximum atomic E-state index is 13.5. The molecule has 0 saturated carbocycles. The molecule has 5 aromatic rings. The number of anilines is 1. The minimum Gasteiger partial charge on any atom is -0.488 e. The van der Waals surface area contributed by atoms with E-state index >= 15 is 0 Å². The average molecular weight is 775 g/mol. The molecule has 49 heavy (non-hydrogen) atoms. The summed E-state index contributed by atoms with van der Waals surface area (Å²) in [4.78, 5) is 34.5. The summed E-state index contributed by atoms with van der Waals surface area (Å²) in [6.45, 7) is 2.66. The predicted octanol–water partition coefficient (Wildman–Crippen LogP) is 8.10. The third-order valence-corrected chi connectivity index (χ3v) is 8.74. The second kappa shape index (κ2) is 16.0. The van der Waals surface area contributed by atoms with Gasteiger partial charge in [0.25, 0.3) is 18.2 Å². The van der Waals surface area contributed by atoms with Gasteiger partial charge in [-0.15, -0.1) is 17.0 Å². The van der Waals surface area contributed by atoms with Crippen molar-refractivity contribution in [3.05, 3.63) is 112 Å². The van der Waals surface area contributed by atoms with Crippen LogP contribution in [0.3, 0.4) is 0 Å². The highest BCUT2D eigenvalue weighted by Crippen LogP contribution is 2.29. The lowest BCUT2D eigenvalue weighted by molar-refractivity contribution is 0.0619. The fourth-order valence-corrected chi connectivity index (χ4v) is 5.75. The van der Waals surface area contributed by atoms with E-state index in [-0.39, 0.29) is 33.8 Å². The number of hydrogen-bond donors (Lipinski definition) is 1. The number of alkyl halides is 2. The monoisotopic (exact) mass is 773 g/mol. The molecule has 14 heteroatoms. The zero-order valence-electron chi connectivity index (χ0n) is 26.2. The van der Waals surface area contributed by atoms with E-state index in [9.17, 15) is 18.4 Å². The van der Waals surface area contributed by atoms with Crippen molar-refractivity contribution in [1.82, 2.24) is 19.4 Å². The zero-order chi connectivity index (χ0) is 33.8. The van der Waals surface area contributed by atoms with E-state index in [2.05, 4.69) is 15.2 Å². The molecule has 6 rings (SSSR count). The van der Waals surface area contributed by atoms with Gasteiger partial charge in [-0.3, -0.25) is 14.5 Å². The molecule has 0 atom stereocenters. The van der Waals surface area contributed by atoms with Gasteiger partial charge >= 0.3 is 0 Å². The molecule has 0 spiro atoms. The zero-order valence-corrected chi connectivity index (χ0v) is 29.5. The summed E-state index contributed by atoms with van der Waals surface area (Å²) in [5, 5.41) is 4.27. The summed E-state index contributed by atoms with van der Waals surface area (Å²) in [7, 11) is 1.87. The van der Waals surface area contributed by atoms with Crippen molar-refractivity contribution in [3.63, 3.8) is 0 Å². The molecule has 0 radical (unpaired) electrons. The first-order chi connectivity index (χ1) is 23.1. The van der Waals surface area contributed by atoms with Crippen molar-refractivity contribution in [3.8, 4) is 17.4 Å². The van der Waals surface area contributed by atoms with Gasteiger partial charge in [0.1, 0.15) is 23.8 Å². The average Bonchev–Trinajstić information content (AvgIpc) is 3.41. The fourth-order valence-electron chi connectivity index (χ4n) is 5.45. The maximum Gasteiger partial charge on any atom is 0.272 e. The number of benzene rings is 3. The van der Waals surface area contributed by atoms with Crippen LogP contribution in [0.5, 0.6) is 17.4 Å². The summed E-state index contributed by atoms with van der Waals surface area (Å²) in [6.07, 6.45) is -1.02. The molecule has 0 unspecified atom stereocenters. The topological polar surface area (TPSA) is 88.9 Å². The molecule has 9 nitrogen and oxygen atoms in total. The Kier molecular flexibility index (Phi) is 11.8. The molecule has 0 bridgehead atoms. The van der Waals surface area contributed by atoms with Crippen LogP contribution in [-0.2, 0) is 13.6 Å². The Morgan fingerprint density at radius 2 is 1.63 bits per heavy atom. The van der Waals surface area contributed by atoms with Gasteiger partial charge in [-0.1, -0.05) is 35.3 Å². The van der Waals surface area contributed by atoms with Crippen LogP contribution in [0.2, 0.25) is 10.0 Å². The number of rotatable bonds is 10. The molecule has 1 N–H and O–H groups in total. The molecule has 1 aliphatic heterocycles. The lowest BCUT2D eigenvalue weighted by atomic mass is 10.2. The third kappa shape index (κ3) is 8.87. The normalized spacial score (nSPS) is 13.3. The van der Waals surface area contributed by atoms with Crippen LogP contribution in [0.1, 0.15) is 26.4 Å². The number of amides is 2. The van der Waals surface area contributed by atoms with Crippen LogP contribution >= 0.6 is 40.2 Å². The van der Waals surface area contributed by atoms with E-state index in [1.807, 2.05) is 52.9 Å². The molecule has 3 heterocycles. The highest BCUT2D eigenvalue weighted by atomic mass is 79.9. The second-order valence-corrected chi connectivity index (χ2v) is 12.1. The Morgan fingerprint density at radius 3 is 2.31 bits per heavy atom. The predicted molar refractivity (Wildman–Crippen MR) is 191 cm³/mol. The number of fused-ring (bicyclic) bond motifs is 1. The Hall–Kier alpha value is -4.23. The molecule has 1 saturated heterocycles. The van der Waals surface area contributed by atoms with Crippen molar-refractivity contribution in [2.75, 3.05) is 38.1 Å². The minimum atomic E-state index is -2.51. The van der Waals surface area contributed by atoms with Gasteiger partial charge < -0.3 is 24.3 Å². The minimum absolute atomic E-state index is 0. The number of carbonyl (C=O) groups excluding carboxylic acids is 2. The summed E-state index contributed by atoms with van der Waals surface area (Å²) >= 11 is 12.0. The molecular weight excluding hydrogens is 743 g/mol. The number of aryl methyl sites for hydroxylation is 1. The molecule has 2 amide bonds. The number of nitrogens with zero attached hydrogens (tertiary/aromatic N) is 4. The number of halogens is 5. The van der Waals surface area contributed by atoms with E-state index in [1.54, 1.807) is 36.4 Å². The third-order valence-electron chi connectivity index (χ3n) is 8.00. The molecule has 0 aliphatic carbocycles. The van der Waals surface area contributed by atoms with E-state index in [0.29, 0.717) is 72.1 Å². The Morgan fingerprint density at radius 1 is 0.898 bits per heavy atom. The number of pyridine rings is 1. The fraction of sp³-hybridized carbons (Fsp3) is 0.229. The van der Waals surface area contributed by atoms with Crippen LogP contribution in [0.4, 0.5) is 14.5 Å². The number of ether oxygens (including phenoxy) is 2. The second-order valence-electron chi connectivity index (χ2n) is 11.3. The Balaban J connectivity index is 0.00000468. The van der Waals surface area contributed by atoms with E-state index in [4.69, 9.17) is 32.7 Å². The van der Waals surface area contributed by atoms with Gasteiger partial charge in [-0.2, -0.15) is 0 Å². The molecule has 256 valence electrons. The SMILES string of the molecule is Br.Cn1c(C(=O)N2CCN(Cc3ccc(OCC(F)F)cc3)CC2)cc2cc(Oc3ccc(NC(=O)c4ccc(Cl)c(Cl)c4)cn3)ccc21. The molecule has 1 aliphatic rings. The number of piperazine rings is 1. The number of hydrogen-bond acceptors (Lipinski definition) is 6. The maximum absolute atomic E-state index is 13.5. The van der Waals surface area contributed by atoms with Gasteiger partial charge in [0, 0.05) is 62.3 Å². The van der Waals surface area contributed by atoms with Gasteiger partial charge in [0.15, 0.2) is 0 Å². The summed E-state index contributed by atoms with van der Waals surface area (Å²) in [5.74, 6) is 0.906. The highest BCUT2D eigenvalue weighted by molar-refractivity contribution is 8.93. The molecule has 3 aromatic carbocycles. The molecule has 1 fully saturated rings. The first-order valence-electron chi connectivity index (χ1n) is 15.1. The molecular formula is C35H32BrCl2F2N5O4.